The largest absolute Gasteiger partial charge is 0.337 e. The van der Waals surface area contributed by atoms with Crippen molar-refractivity contribution in [3.8, 4) is 0 Å². The van der Waals surface area contributed by atoms with Crippen molar-refractivity contribution in [1.29, 1.82) is 0 Å². The molecular weight excluding hydrogens is 364 g/mol. The highest BCUT2D eigenvalue weighted by Gasteiger charge is 2.40. The van der Waals surface area contributed by atoms with Crippen molar-refractivity contribution in [3.05, 3.63) is 14.7 Å². The molecule has 1 aromatic heterocycles. The molecule has 1 amide bonds. The summed E-state index contributed by atoms with van der Waals surface area (Å²) >= 11 is 4.76. The predicted octanol–water partition coefficient (Wildman–Crippen LogP) is 1.81. The van der Waals surface area contributed by atoms with E-state index in [-0.39, 0.29) is 11.9 Å². The first-order chi connectivity index (χ1) is 9.39. The predicted molar refractivity (Wildman–Crippen MR) is 80.2 cm³/mol. The molecule has 3 rings (SSSR count). The molecule has 0 radical (unpaired) electrons. The fraction of sp³-hybridized carbons (Fsp3) is 0.583. The summed E-state index contributed by atoms with van der Waals surface area (Å²) in [5.74, 6) is 0.154. The van der Waals surface area contributed by atoms with Crippen LogP contribution in [0.25, 0.3) is 0 Å². The van der Waals surface area contributed by atoms with E-state index in [9.17, 15) is 13.2 Å². The number of nitrogens with zero attached hydrogens (tertiary/aromatic N) is 2. The average Bonchev–Trinajstić information content (AvgIpc) is 2.93. The second kappa shape index (κ2) is 5.08. The van der Waals surface area contributed by atoms with E-state index in [2.05, 4.69) is 15.9 Å². The number of rotatable bonds is 2. The highest BCUT2D eigenvalue weighted by Crippen LogP contribution is 2.33. The van der Waals surface area contributed by atoms with Gasteiger partial charge in [-0.2, -0.15) is 4.31 Å². The molecule has 3 heterocycles. The van der Waals surface area contributed by atoms with Gasteiger partial charge in [-0.25, -0.2) is 8.42 Å². The van der Waals surface area contributed by atoms with E-state index >= 15 is 0 Å². The molecule has 0 N–H and O–H groups in total. The van der Waals surface area contributed by atoms with E-state index in [1.807, 2.05) is 11.8 Å². The van der Waals surface area contributed by atoms with Gasteiger partial charge in [-0.3, -0.25) is 4.79 Å². The summed E-state index contributed by atoms with van der Waals surface area (Å²) in [6, 6.07) is 1.72. The number of piperazine rings is 1. The Bertz CT molecular complexity index is 656. The number of hydrogen-bond acceptors (Lipinski definition) is 4. The van der Waals surface area contributed by atoms with Crippen molar-refractivity contribution in [2.24, 2.45) is 0 Å². The first kappa shape index (κ1) is 14.5. The van der Waals surface area contributed by atoms with Gasteiger partial charge in [-0.1, -0.05) is 0 Å². The molecular formula is C12H15BrN2O3S2. The molecule has 0 aromatic carbocycles. The Balaban J connectivity index is 1.86. The maximum atomic E-state index is 12.7. The summed E-state index contributed by atoms with van der Waals surface area (Å²) in [5.41, 5.74) is 0. The van der Waals surface area contributed by atoms with Gasteiger partial charge >= 0.3 is 0 Å². The Morgan fingerprint density at radius 2 is 2.15 bits per heavy atom. The van der Waals surface area contributed by atoms with Crippen LogP contribution in [0.1, 0.15) is 17.7 Å². The molecule has 2 saturated heterocycles. The molecule has 5 nitrogen and oxygen atoms in total. The number of fused-ring (bicyclic) bond motifs is 1. The van der Waals surface area contributed by atoms with Crippen LogP contribution in [0.15, 0.2) is 14.7 Å². The smallest absolute Gasteiger partial charge is 0.244 e. The van der Waals surface area contributed by atoms with Crippen LogP contribution in [0.5, 0.6) is 0 Å². The molecule has 2 aliphatic heterocycles. The topological polar surface area (TPSA) is 57.7 Å². The molecule has 0 spiro atoms. The zero-order valence-electron chi connectivity index (χ0n) is 11.0. The first-order valence-electron chi connectivity index (χ1n) is 6.45. The molecule has 1 aromatic rings. The lowest BCUT2D eigenvalue weighted by atomic mass is 10.2. The van der Waals surface area contributed by atoms with Gasteiger partial charge in [0.15, 0.2) is 0 Å². The summed E-state index contributed by atoms with van der Waals surface area (Å²) in [6.07, 6.45) is 1.30. The number of thiophene rings is 1. The van der Waals surface area contributed by atoms with Gasteiger partial charge in [-0.15, -0.1) is 11.3 Å². The Hall–Kier alpha value is -0.440. The minimum atomic E-state index is -3.45. The van der Waals surface area contributed by atoms with E-state index < -0.39 is 10.0 Å². The standard InChI is InChI=1S/C12H15BrN2O3S2/c1-8-10(6-11(13)19-8)20(17,18)14-4-5-15-9(7-14)2-3-12(15)16/h6,9H,2-5,7H2,1H3. The maximum Gasteiger partial charge on any atom is 0.244 e. The monoisotopic (exact) mass is 378 g/mol. The van der Waals surface area contributed by atoms with Crippen molar-refractivity contribution >= 4 is 43.2 Å². The number of aryl methyl sites for hydroxylation is 1. The number of sulfonamides is 1. The van der Waals surface area contributed by atoms with E-state index in [0.29, 0.717) is 31.0 Å². The molecule has 1 unspecified atom stereocenters. The minimum absolute atomic E-state index is 0.0495. The van der Waals surface area contributed by atoms with Gasteiger partial charge in [0.2, 0.25) is 15.9 Å². The average molecular weight is 379 g/mol. The molecule has 2 fully saturated rings. The third-order valence-corrected chi connectivity index (χ3v) is 7.59. The zero-order valence-corrected chi connectivity index (χ0v) is 14.2. The van der Waals surface area contributed by atoms with Crippen LogP contribution in [-0.4, -0.2) is 49.2 Å². The molecule has 8 heteroatoms. The molecule has 110 valence electrons. The lowest BCUT2D eigenvalue weighted by Gasteiger charge is -2.36. The molecule has 20 heavy (non-hydrogen) atoms. The Labute approximate surface area is 130 Å². The number of halogens is 1. The van der Waals surface area contributed by atoms with Gasteiger partial charge in [0, 0.05) is 37.0 Å². The number of amides is 1. The highest BCUT2D eigenvalue weighted by molar-refractivity contribution is 9.11. The molecule has 0 bridgehead atoms. The van der Waals surface area contributed by atoms with Gasteiger partial charge in [0.05, 0.1) is 8.68 Å². The summed E-state index contributed by atoms with van der Waals surface area (Å²) in [4.78, 5) is 14.6. The van der Waals surface area contributed by atoms with E-state index in [4.69, 9.17) is 0 Å². The van der Waals surface area contributed by atoms with Crippen LogP contribution in [-0.2, 0) is 14.8 Å². The van der Waals surface area contributed by atoms with Gasteiger partial charge in [-0.05, 0) is 35.3 Å². The van der Waals surface area contributed by atoms with Crippen LogP contribution in [0.3, 0.4) is 0 Å². The summed E-state index contributed by atoms with van der Waals surface area (Å²) in [6.45, 7) is 3.13. The lowest BCUT2D eigenvalue weighted by Crippen LogP contribution is -2.53. The SMILES string of the molecule is Cc1sc(Br)cc1S(=O)(=O)N1CCN2C(=O)CCC2C1. The fourth-order valence-corrected chi connectivity index (χ4v) is 6.73. The first-order valence-corrected chi connectivity index (χ1v) is 9.50. The maximum absolute atomic E-state index is 12.7. The lowest BCUT2D eigenvalue weighted by molar-refractivity contribution is -0.130. The second-order valence-corrected chi connectivity index (χ2v) is 9.66. The van der Waals surface area contributed by atoms with Crippen molar-refractivity contribution in [1.82, 2.24) is 9.21 Å². The number of hydrogen-bond donors (Lipinski definition) is 0. The Kier molecular flexibility index (Phi) is 3.68. The van der Waals surface area contributed by atoms with Crippen LogP contribution < -0.4 is 0 Å². The number of carbonyl (C=O) groups excluding carboxylic acids is 1. The van der Waals surface area contributed by atoms with Crippen LogP contribution >= 0.6 is 27.3 Å². The zero-order chi connectivity index (χ0) is 14.5. The van der Waals surface area contributed by atoms with E-state index in [1.165, 1.54) is 15.6 Å². The summed E-state index contributed by atoms with van der Waals surface area (Å²) in [7, 11) is -3.45. The van der Waals surface area contributed by atoms with Crippen LogP contribution in [0.2, 0.25) is 0 Å². The summed E-state index contributed by atoms with van der Waals surface area (Å²) < 4.78 is 27.7. The van der Waals surface area contributed by atoms with Crippen molar-refractivity contribution in [2.75, 3.05) is 19.6 Å². The van der Waals surface area contributed by atoms with Crippen LogP contribution in [0, 0.1) is 6.92 Å². The number of carbonyl (C=O) groups is 1. The van der Waals surface area contributed by atoms with Crippen LogP contribution in [0.4, 0.5) is 0 Å². The second-order valence-electron chi connectivity index (χ2n) is 5.11. The third kappa shape index (κ3) is 2.32. The Morgan fingerprint density at radius 3 is 2.80 bits per heavy atom. The van der Waals surface area contributed by atoms with E-state index in [0.717, 1.165) is 15.1 Å². The van der Waals surface area contributed by atoms with Crippen molar-refractivity contribution in [3.63, 3.8) is 0 Å². The Morgan fingerprint density at radius 1 is 1.40 bits per heavy atom. The van der Waals surface area contributed by atoms with Crippen molar-refractivity contribution in [2.45, 2.75) is 30.7 Å². The van der Waals surface area contributed by atoms with Gasteiger partial charge < -0.3 is 4.90 Å². The third-order valence-electron chi connectivity index (χ3n) is 3.92. The molecule has 0 aliphatic carbocycles. The molecule has 1 atom stereocenters. The normalized spacial score (nSPS) is 24.2. The minimum Gasteiger partial charge on any atom is -0.337 e. The fourth-order valence-electron chi connectivity index (χ4n) is 2.88. The van der Waals surface area contributed by atoms with Crippen molar-refractivity contribution < 1.29 is 13.2 Å². The molecule has 0 saturated carbocycles. The summed E-state index contributed by atoms with van der Waals surface area (Å²) in [5, 5.41) is 0. The molecule has 2 aliphatic rings. The van der Waals surface area contributed by atoms with Gasteiger partial charge in [0.1, 0.15) is 0 Å². The highest BCUT2D eigenvalue weighted by atomic mass is 79.9. The quantitative estimate of drug-likeness (QED) is 0.788. The van der Waals surface area contributed by atoms with Gasteiger partial charge in [0.25, 0.3) is 0 Å². The van der Waals surface area contributed by atoms with E-state index in [1.54, 1.807) is 6.07 Å².